The van der Waals surface area contributed by atoms with E-state index >= 15 is 0 Å². The minimum absolute atomic E-state index is 0.0535. The van der Waals surface area contributed by atoms with Crippen LogP contribution in [0.25, 0.3) is 5.65 Å². The molecule has 0 spiro atoms. The lowest BCUT2D eigenvalue weighted by Gasteiger charge is -2.37. The Morgan fingerprint density at radius 2 is 2.25 bits per heavy atom. The zero-order chi connectivity index (χ0) is 14.3. The summed E-state index contributed by atoms with van der Waals surface area (Å²) in [6, 6.07) is 1.94. The smallest absolute Gasteiger partial charge is 0.256 e. The molecule has 0 unspecified atom stereocenters. The fourth-order valence-electron chi connectivity index (χ4n) is 2.37. The van der Waals surface area contributed by atoms with Crippen molar-refractivity contribution in [1.29, 1.82) is 0 Å². The van der Waals surface area contributed by atoms with Gasteiger partial charge in [-0.1, -0.05) is 6.92 Å². The number of hydrogen-bond acceptors (Lipinski definition) is 4. The van der Waals surface area contributed by atoms with Crippen molar-refractivity contribution in [1.82, 2.24) is 19.9 Å². The van der Waals surface area contributed by atoms with E-state index in [1.54, 1.807) is 10.7 Å². The fourth-order valence-corrected chi connectivity index (χ4v) is 2.37. The molecule has 0 aromatic carbocycles. The molecule has 6 nitrogen and oxygen atoms in total. The largest absolute Gasteiger partial charge is 0.380 e. The average molecular weight is 274 g/mol. The SMILES string of the molecule is Cc1cc(C)n2ncc(C(=O)NCC3(C)COC3)c2n1. The normalized spacial score (nSPS) is 16.9. The van der Waals surface area contributed by atoms with Crippen LogP contribution in [0.2, 0.25) is 0 Å². The second-order valence-electron chi connectivity index (χ2n) is 5.82. The summed E-state index contributed by atoms with van der Waals surface area (Å²) in [7, 11) is 0. The first kappa shape index (κ1) is 13.1. The predicted octanol–water partition coefficient (Wildman–Crippen LogP) is 1.11. The molecule has 1 aliphatic rings. The molecule has 0 aliphatic carbocycles. The Bertz CT molecular complexity index is 673. The number of ether oxygens (including phenoxy) is 1. The van der Waals surface area contributed by atoms with Crippen LogP contribution >= 0.6 is 0 Å². The molecular weight excluding hydrogens is 256 g/mol. The number of rotatable bonds is 3. The number of hydrogen-bond donors (Lipinski definition) is 1. The van der Waals surface area contributed by atoms with Gasteiger partial charge in [0.15, 0.2) is 5.65 Å². The van der Waals surface area contributed by atoms with E-state index in [0.717, 1.165) is 11.4 Å². The number of carbonyl (C=O) groups excluding carboxylic acids is 1. The highest BCUT2D eigenvalue weighted by Crippen LogP contribution is 2.25. The maximum absolute atomic E-state index is 12.3. The van der Waals surface area contributed by atoms with Crippen LogP contribution < -0.4 is 5.32 Å². The molecule has 1 aliphatic heterocycles. The summed E-state index contributed by atoms with van der Waals surface area (Å²) in [4.78, 5) is 16.7. The van der Waals surface area contributed by atoms with Crippen LogP contribution in [0.3, 0.4) is 0 Å². The molecule has 0 atom stereocenters. The monoisotopic (exact) mass is 274 g/mol. The number of fused-ring (bicyclic) bond motifs is 1. The Kier molecular flexibility index (Phi) is 2.97. The van der Waals surface area contributed by atoms with Crippen LogP contribution in [0.15, 0.2) is 12.3 Å². The molecule has 20 heavy (non-hydrogen) atoms. The van der Waals surface area contributed by atoms with Crippen molar-refractivity contribution in [2.75, 3.05) is 19.8 Å². The van der Waals surface area contributed by atoms with E-state index < -0.39 is 0 Å². The molecule has 0 bridgehead atoms. The number of aromatic nitrogens is 3. The molecule has 6 heteroatoms. The van der Waals surface area contributed by atoms with Crippen molar-refractivity contribution in [3.05, 3.63) is 29.2 Å². The molecule has 3 rings (SSSR count). The van der Waals surface area contributed by atoms with E-state index in [2.05, 4.69) is 22.3 Å². The van der Waals surface area contributed by atoms with Crippen LogP contribution in [0.5, 0.6) is 0 Å². The van der Waals surface area contributed by atoms with Gasteiger partial charge in [0.1, 0.15) is 5.56 Å². The summed E-state index contributed by atoms with van der Waals surface area (Å²) in [5, 5.41) is 7.17. The van der Waals surface area contributed by atoms with Gasteiger partial charge in [0.05, 0.1) is 19.4 Å². The molecule has 1 fully saturated rings. The van der Waals surface area contributed by atoms with E-state index in [1.807, 2.05) is 19.9 Å². The third kappa shape index (κ3) is 2.16. The third-order valence-electron chi connectivity index (χ3n) is 3.60. The van der Waals surface area contributed by atoms with E-state index in [9.17, 15) is 4.79 Å². The van der Waals surface area contributed by atoms with Crippen LogP contribution in [0.4, 0.5) is 0 Å². The molecule has 1 N–H and O–H groups in total. The average Bonchev–Trinajstić information content (AvgIpc) is 2.77. The molecule has 2 aromatic heterocycles. The maximum atomic E-state index is 12.3. The lowest BCUT2D eigenvalue weighted by molar-refractivity contribution is -0.0978. The van der Waals surface area contributed by atoms with Gasteiger partial charge in [-0.15, -0.1) is 0 Å². The van der Waals surface area contributed by atoms with Gasteiger partial charge < -0.3 is 10.1 Å². The van der Waals surface area contributed by atoms with Gasteiger partial charge >= 0.3 is 0 Å². The number of nitrogens with one attached hydrogen (secondary N) is 1. The Balaban J connectivity index is 1.84. The van der Waals surface area contributed by atoms with Gasteiger partial charge in [-0.2, -0.15) is 5.10 Å². The molecule has 2 aromatic rings. The van der Waals surface area contributed by atoms with Crippen molar-refractivity contribution in [2.24, 2.45) is 5.41 Å². The van der Waals surface area contributed by atoms with E-state index in [4.69, 9.17) is 4.74 Å². The van der Waals surface area contributed by atoms with Gasteiger partial charge in [-0.3, -0.25) is 4.79 Å². The standard InChI is InChI=1S/C14H18N4O2/c1-9-4-10(2)18-12(17-9)11(5-16-18)13(19)15-6-14(3)7-20-8-14/h4-5H,6-8H2,1-3H3,(H,15,19). The van der Waals surface area contributed by atoms with Crippen LogP contribution in [0, 0.1) is 19.3 Å². The fraction of sp³-hybridized carbons (Fsp3) is 0.500. The van der Waals surface area contributed by atoms with Gasteiger partial charge in [-0.25, -0.2) is 9.50 Å². The summed E-state index contributed by atoms with van der Waals surface area (Å²) in [5.74, 6) is -0.134. The highest BCUT2D eigenvalue weighted by Gasteiger charge is 2.33. The molecule has 106 valence electrons. The first-order valence-corrected chi connectivity index (χ1v) is 6.66. The highest BCUT2D eigenvalue weighted by atomic mass is 16.5. The Morgan fingerprint density at radius 3 is 2.90 bits per heavy atom. The van der Waals surface area contributed by atoms with Crippen molar-refractivity contribution >= 4 is 11.6 Å². The topological polar surface area (TPSA) is 68.5 Å². The number of amides is 1. The Morgan fingerprint density at radius 1 is 1.50 bits per heavy atom. The summed E-state index contributed by atoms with van der Waals surface area (Å²) < 4.78 is 6.87. The van der Waals surface area contributed by atoms with Crippen molar-refractivity contribution in [3.63, 3.8) is 0 Å². The molecule has 0 saturated carbocycles. The molecule has 0 radical (unpaired) electrons. The van der Waals surface area contributed by atoms with Crippen LogP contribution in [0.1, 0.15) is 28.7 Å². The van der Waals surface area contributed by atoms with E-state index in [1.165, 1.54) is 0 Å². The first-order valence-electron chi connectivity index (χ1n) is 6.66. The predicted molar refractivity (Wildman–Crippen MR) is 73.7 cm³/mol. The number of nitrogens with zero attached hydrogens (tertiary/aromatic N) is 3. The van der Waals surface area contributed by atoms with Gasteiger partial charge in [0, 0.05) is 23.3 Å². The van der Waals surface area contributed by atoms with Crippen molar-refractivity contribution < 1.29 is 9.53 Å². The second-order valence-corrected chi connectivity index (χ2v) is 5.82. The van der Waals surface area contributed by atoms with E-state index in [-0.39, 0.29) is 11.3 Å². The molecular formula is C14H18N4O2. The summed E-state index contributed by atoms with van der Waals surface area (Å²) in [6.45, 7) is 7.95. The second kappa shape index (κ2) is 4.56. The molecule has 3 heterocycles. The summed E-state index contributed by atoms with van der Waals surface area (Å²) >= 11 is 0. The van der Waals surface area contributed by atoms with Crippen LogP contribution in [-0.4, -0.2) is 40.3 Å². The Hall–Kier alpha value is -1.95. The minimum Gasteiger partial charge on any atom is -0.380 e. The molecule has 1 saturated heterocycles. The maximum Gasteiger partial charge on any atom is 0.256 e. The highest BCUT2D eigenvalue weighted by molar-refractivity contribution is 5.99. The van der Waals surface area contributed by atoms with Crippen molar-refractivity contribution in [3.8, 4) is 0 Å². The number of carbonyl (C=O) groups is 1. The zero-order valence-electron chi connectivity index (χ0n) is 11.9. The third-order valence-corrected chi connectivity index (χ3v) is 3.60. The zero-order valence-corrected chi connectivity index (χ0v) is 11.9. The van der Waals surface area contributed by atoms with E-state index in [0.29, 0.717) is 31.0 Å². The quantitative estimate of drug-likeness (QED) is 0.910. The lowest BCUT2D eigenvalue weighted by Crippen LogP contribution is -2.48. The summed E-state index contributed by atoms with van der Waals surface area (Å²) in [5.41, 5.74) is 3.02. The number of aryl methyl sites for hydroxylation is 2. The van der Waals surface area contributed by atoms with Gasteiger partial charge in [0.2, 0.25) is 0 Å². The lowest BCUT2D eigenvalue weighted by atomic mass is 9.89. The summed E-state index contributed by atoms with van der Waals surface area (Å²) in [6.07, 6.45) is 1.57. The van der Waals surface area contributed by atoms with Gasteiger partial charge in [0.25, 0.3) is 5.91 Å². The van der Waals surface area contributed by atoms with Crippen LogP contribution in [-0.2, 0) is 4.74 Å². The molecule has 1 amide bonds. The first-order chi connectivity index (χ1) is 9.48. The van der Waals surface area contributed by atoms with Gasteiger partial charge in [-0.05, 0) is 19.9 Å². The minimum atomic E-state index is -0.134. The van der Waals surface area contributed by atoms with Crippen molar-refractivity contribution in [2.45, 2.75) is 20.8 Å². The Labute approximate surface area is 117 Å².